The third-order valence-electron chi connectivity index (χ3n) is 2.34. The summed E-state index contributed by atoms with van der Waals surface area (Å²) in [6, 6.07) is 8.17. The lowest BCUT2D eigenvalue weighted by Crippen LogP contribution is -2.08. The second-order valence-corrected chi connectivity index (χ2v) is 3.76. The lowest BCUT2D eigenvalue weighted by molar-refractivity contribution is -0.136. The molecule has 1 aromatic rings. The van der Waals surface area contributed by atoms with Crippen LogP contribution in [0.5, 0.6) is 0 Å². The number of hydrogen-bond acceptors (Lipinski definition) is 2. The second-order valence-electron chi connectivity index (χ2n) is 3.76. The molecule has 1 atom stereocenters. The van der Waals surface area contributed by atoms with Crippen LogP contribution in [0.25, 0.3) is 0 Å². The van der Waals surface area contributed by atoms with E-state index in [1.807, 2.05) is 6.07 Å². The molecule has 17 heavy (non-hydrogen) atoms. The van der Waals surface area contributed by atoms with Crippen LogP contribution in [0.15, 0.2) is 24.3 Å². The van der Waals surface area contributed by atoms with Crippen molar-refractivity contribution in [3.05, 3.63) is 35.4 Å². The molecule has 0 saturated carbocycles. The van der Waals surface area contributed by atoms with Crippen LogP contribution in [0, 0.1) is 11.3 Å². The van der Waals surface area contributed by atoms with E-state index in [0.29, 0.717) is 11.1 Å². The maximum atomic E-state index is 11.9. The van der Waals surface area contributed by atoms with Crippen LogP contribution in [0.3, 0.4) is 0 Å². The molecular formula is C12H12F3NO. The Morgan fingerprint density at radius 1 is 1.35 bits per heavy atom. The van der Waals surface area contributed by atoms with Gasteiger partial charge in [-0.25, -0.2) is 0 Å². The number of benzene rings is 1. The summed E-state index contributed by atoms with van der Waals surface area (Å²) in [4.78, 5) is 0. The Balaban J connectivity index is 2.52. The quantitative estimate of drug-likeness (QED) is 0.881. The molecule has 0 fully saturated rings. The Morgan fingerprint density at radius 3 is 2.65 bits per heavy atom. The molecule has 0 aromatic heterocycles. The molecule has 0 bridgehead atoms. The van der Waals surface area contributed by atoms with Crippen molar-refractivity contribution < 1.29 is 18.3 Å². The van der Waals surface area contributed by atoms with Gasteiger partial charge in [-0.3, -0.25) is 0 Å². The molecule has 0 amide bonds. The van der Waals surface area contributed by atoms with E-state index in [1.54, 1.807) is 18.2 Å². The standard InChI is InChI=1S/C12H12F3NO/c13-12(14,15)6-2-5-11(17)10-4-1-3-9(7-10)8-16/h1,3-4,7,11,17H,2,5-6H2. The van der Waals surface area contributed by atoms with Crippen molar-refractivity contribution >= 4 is 0 Å². The third-order valence-corrected chi connectivity index (χ3v) is 2.34. The van der Waals surface area contributed by atoms with E-state index in [1.165, 1.54) is 6.07 Å². The second kappa shape index (κ2) is 5.69. The number of aliphatic hydroxyl groups is 1. The molecule has 1 unspecified atom stereocenters. The molecule has 1 rings (SSSR count). The van der Waals surface area contributed by atoms with Gasteiger partial charge >= 0.3 is 6.18 Å². The highest BCUT2D eigenvalue weighted by Gasteiger charge is 2.26. The molecular weight excluding hydrogens is 231 g/mol. The van der Waals surface area contributed by atoms with Crippen molar-refractivity contribution in [2.45, 2.75) is 31.5 Å². The molecule has 0 aliphatic heterocycles. The summed E-state index contributed by atoms with van der Waals surface area (Å²) in [5.41, 5.74) is 0.864. The normalized spacial score (nSPS) is 13.1. The van der Waals surface area contributed by atoms with Crippen molar-refractivity contribution in [3.8, 4) is 6.07 Å². The monoisotopic (exact) mass is 243 g/mol. The third kappa shape index (κ3) is 4.87. The van der Waals surface area contributed by atoms with Gasteiger partial charge in [0.1, 0.15) is 0 Å². The molecule has 0 saturated heterocycles. The predicted molar refractivity (Wildman–Crippen MR) is 56.0 cm³/mol. The SMILES string of the molecule is N#Cc1cccc(C(O)CCCC(F)(F)F)c1. The summed E-state index contributed by atoms with van der Waals surface area (Å²) >= 11 is 0. The van der Waals surface area contributed by atoms with Crippen LogP contribution in [0.4, 0.5) is 13.2 Å². The molecule has 0 heterocycles. The van der Waals surface area contributed by atoms with E-state index in [9.17, 15) is 18.3 Å². The smallest absolute Gasteiger partial charge is 0.388 e. The molecule has 0 aliphatic rings. The zero-order valence-corrected chi connectivity index (χ0v) is 9.04. The van der Waals surface area contributed by atoms with E-state index in [4.69, 9.17) is 5.26 Å². The zero-order valence-electron chi connectivity index (χ0n) is 9.04. The number of nitrogens with zero attached hydrogens (tertiary/aromatic N) is 1. The van der Waals surface area contributed by atoms with E-state index in [0.717, 1.165) is 0 Å². The van der Waals surface area contributed by atoms with Gasteiger partial charge < -0.3 is 5.11 Å². The van der Waals surface area contributed by atoms with E-state index in [-0.39, 0.29) is 12.8 Å². The highest BCUT2D eigenvalue weighted by Crippen LogP contribution is 2.26. The minimum absolute atomic E-state index is 0.0361. The van der Waals surface area contributed by atoms with Gasteiger partial charge in [-0.1, -0.05) is 12.1 Å². The highest BCUT2D eigenvalue weighted by atomic mass is 19.4. The summed E-state index contributed by atoms with van der Waals surface area (Å²) in [6.07, 6.45) is -6.13. The predicted octanol–water partition coefficient (Wildman–Crippen LogP) is 3.32. The fourth-order valence-electron chi connectivity index (χ4n) is 1.48. The van der Waals surface area contributed by atoms with E-state index in [2.05, 4.69) is 0 Å². The summed E-state index contributed by atoms with van der Waals surface area (Å²) in [6.45, 7) is 0. The van der Waals surface area contributed by atoms with Crippen LogP contribution >= 0.6 is 0 Å². The number of halogens is 3. The van der Waals surface area contributed by atoms with Gasteiger partial charge in [-0.05, 0) is 30.5 Å². The number of aliphatic hydroxyl groups excluding tert-OH is 1. The van der Waals surface area contributed by atoms with Crippen molar-refractivity contribution in [2.75, 3.05) is 0 Å². The first-order valence-electron chi connectivity index (χ1n) is 5.17. The Labute approximate surface area is 97.3 Å². The molecule has 1 aromatic carbocycles. The van der Waals surface area contributed by atoms with E-state index >= 15 is 0 Å². The Morgan fingerprint density at radius 2 is 2.06 bits per heavy atom. The minimum atomic E-state index is -4.19. The highest BCUT2D eigenvalue weighted by molar-refractivity contribution is 5.33. The van der Waals surface area contributed by atoms with Crippen molar-refractivity contribution in [3.63, 3.8) is 0 Å². The lowest BCUT2D eigenvalue weighted by Gasteiger charge is -2.12. The van der Waals surface area contributed by atoms with Gasteiger partial charge in [0.2, 0.25) is 0 Å². The number of rotatable bonds is 4. The Kier molecular flexibility index (Phi) is 4.53. The Bertz CT molecular complexity index is 409. The summed E-state index contributed by atoms with van der Waals surface area (Å²) < 4.78 is 35.7. The van der Waals surface area contributed by atoms with Gasteiger partial charge in [-0.2, -0.15) is 18.4 Å². The minimum Gasteiger partial charge on any atom is -0.388 e. The van der Waals surface area contributed by atoms with Crippen LogP contribution in [0.2, 0.25) is 0 Å². The molecule has 0 spiro atoms. The van der Waals surface area contributed by atoms with Crippen molar-refractivity contribution in [1.29, 1.82) is 5.26 Å². The molecule has 0 aliphatic carbocycles. The molecule has 92 valence electrons. The van der Waals surface area contributed by atoms with Crippen LogP contribution < -0.4 is 0 Å². The zero-order chi connectivity index (χ0) is 12.9. The van der Waals surface area contributed by atoms with Crippen molar-refractivity contribution in [1.82, 2.24) is 0 Å². The first kappa shape index (κ1) is 13.5. The van der Waals surface area contributed by atoms with Crippen molar-refractivity contribution in [2.24, 2.45) is 0 Å². The summed E-state index contributed by atoms with van der Waals surface area (Å²) in [5, 5.41) is 18.3. The van der Waals surface area contributed by atoms with Crippen LogP contribution in [-0.2, 0) is 0 Å². The number of hydrogen-bond donors (Lipinski definition) is 1. The molecule has 0 radical (unpaired) electrons. The maximum absolute atomic E-state index is 11.9. The fraction of sp³-hybridized carbons (Fsp3) is 0.417. The summed E-state index contributed by atoms with van der Waals surface area (Å²) in [5.74, 6) is 0. The topological polar surface area (TPSA) is 44.0 Å². The van der Waals surface area contributed by atoms with Gasteiger partial charge in [0, 0.05) is 6.42 Å². The Hall–Kier alpha value is -1.54. The average molecular weight is 243 g/mol. The summed E-state index contributed by atoms with van der Waals surface area (Å²) in [7, 11) is 0. The van der Waals surface area contributed by atoms with E-state index < -0.39 is 18.7 Å². The fourth-order valence-corrected chi connectivity index (χ4v) is 1.48. The molecule has 2 nitrogen and oxygen atoms in total. The first-order chi connectivity index (χ1) is 7.92. The largest absolute Gasteiger partial charge is 0.389 e. The van der Waals surface area contributed by atoms with Gasteiger partial charge in [0.05, 0.1) is 17.7 Å². The number of alkyl halides is 3. The maximum Gasteiger partial charge on any atom is 0.389 e. The average Bonchev–Trinajstić information content (AvgIpc) is 2.27. The van der Waals surface area contributed by atoms with Crippen LogP contribution in [-0.4, -0.2) is 11.3 Å². The number of nitriles is 1. The first-order valence-corrected chi connectivity index (χ1v) is 5.17. The molecule has 5 heteroatoms. The van der Waals surface area contributed by atoms with Gasteiger partial charge in [-0.15, -0.1) is 0 Å². The lowest BCUT2D eigenvalue weighted by atomic mass is 10.0. The molecule has 1 N–H and O–H groups in total. The van der Waals surface area contributed by atoms with Gasteiger partial charge in [0.25, 0.3) is 0 Å². The van der Waals surface area contributed by atoms with Gasteiger partial charge in [0.15, 0.2) is 0 Å². The van der Waals surface area contributed by atoms with Crippen LogP contribution in [0.1, 0.15) is 36.5 Å².